The van der Waals surface area contributed by atoms with Crippen LogP contribution in [0.4, 0.5) is 0 Å². The van der Waals surface area contributed by atoms with E-state index in [4.69, 9.17) is 0 Å². The first kappa shape index (κ1) is 14.6. The number of nitrogens with zero attached hydrogens (tertiary/aromatic N) is 1. The number of carbonyl (C=O) groups excluding carboxylic acids is 1. The van der Waals surface area contributed by atoms with E-state index in [1.807, 2.05) is 23.1 Å². The SMILES string of the molecule is C=CC1=C(C=C)[C@H](C(C)C)N(C(=O)CC2=C=CC2)CC1. The average molecular weight is 269 g/mol. The molecule has 1 aliphatic carbocycles. The van der Waals surface area contributed by atoms with Crippen molar-refractivity contribution in [3.8, 4) is 0 Å². The lowest BCUT2D eigenvalue weighted by atomic mass is 9.85. The van der Waals surface area contributed by atoms with Gasteiger partial charge in [-0.1, -0.05) is 39.2 Å². The first-order valence-electron chi connectivity index (χ1n) is 7.28. The summed E-state index contributed by atoms with van der Waals surface area (Å²) in [7, 11) is 0. The second kappa shape index (κ2) is 6.11. The Kier molecular flexibility index (Phi) is 4.46. The fourth-order valence-corrected chi connectivity index (χ4v) is 3.01. The van der Waals surface area contributed by atoms with Crippen LogP contribution in [0.15, 0.2) is 53.8 Å². The number of amides is 1. The summed E-state index contributed by atoms with van der Waals surface area (Å²) in [5, 5.41) is 0. The zero-order chi connectivity index (χ0) is 14.7. The third kappa shape index (κ3) is 2.71. The van der Waals surface area contributed by atoms with E-state index in [1.54, 1.807) is 0 Å². The normalized spacial score (nSPS) is 21.6. The van der Waals surface area contributed by atoms with Crippen molar-refractivity contribution in [3.63, 3.8) is 0 Å². The molecule has 0 bridgehead atoms. The molecular formula is C18H23NO. The summed E-state index contributed by atoms with van der Waals surface area (Å²) in [5.41, 5.74) is 6.61. The molecule has 0 aromatic carbocycles. The number of rotatable bonds is 5. The van der Waals surface area contributed by atoms with Gasteiger partial charge in [0.05, 0.1) is 12.5 Å². The van der Waals surface area contributed by atoms with E-state index in [2.05, 4.69) is 32.7 Å². The molecule has 2 rings (SSSR count). The second-order valence-electron chi connectivity index (χ2n) is 5.75. The zero-order valence-corrected chi connectivity index (χ0v) is 12.5. The van der Waals surface area contributed by atoms with E-state index in [0.29, 0.717) is 12.3 Å². The Morgan fingerprint density at radius 1 is 1.50 bits per heavy atom. The molecule has 0 aromatic heterocycles. The predicted octanol–water partition coefficient (Wildman–Crippen LogP) is 3.79. The molecule has 0 saturated carbocycles. The van der Waals surface area contributed by atoms with Gasteiger partial charge in [0.1, 0.15) is 0 Å². The van der Waals surface area contributed by atoms with Crippen molar-refractivity contribution >= 4 is 5.91 Å². The van der Waals surface area contributed by atoms with Crippen LogP contribution < -0.4 is 0 Å². The molecular weight excluding hydrogens is 246 g/mol. The third-order valence-electron chi connectivity index (χ3n) is 4.08. The van der Waals surface area contributed by atoms with Gasteiger partial charge >= 0.3 is 0 Å². The summed E-state index contributed by atoms with van der Waals surface area (Å²) in [6.45, 7) is 12.9. The van der Waals surface area contributed by atoms with E-state index < -0.39 is 0 Å². The van der Waals surface area contributed by atoms with Crippen LogP contribution >= 0.6 is 0 Å². The van der Waals surface area contributed by atoms with Crippen molar-refractivity contribution < 1.29 is 4.79 Å². The number of hydrogen-bond acceptors (Lipinski definition) is 1. The van der Waals surface area contributed by atoms with Crippen molar-refractivity contribution in [1.29, 1.82) is 0 Å². The molecule has 2 aliphatic rings. The van der Waals surface area contributed by atoms with E-state index >= 15 is 0 Å². The largest absolute Gasteiger partial charge is 0.335 e. The Bertz CT molecular complexity index is 530. The van der Waals surface area contributed by atoms with Crippen LogP contribution in [-0.2, 0) is 4.79 Å². The highest BCUT2D eigenvalue weighted by Gasteiger charge is 2.32. The zero-order valence-electron chi connectivity index (χ0n) is 12.5. The van der Waals surface area contributed by atoms with Crippen molar-refractivity contribution in [1.82, 2.24) is 4.90 Å². The van der Waals surface area contributed by atoms with Crippen LogP contribution in [0.25, 0.3) is 0 Å². The minimum absolute atomic E-state index is 0.117. The van der Waals surface area contributed by atoms with Gasteiger partial charge in [-0.2, -0.15) is 0 Å². The number of hydrogen-bond donors (Lipinski definition) is 0. The van der Waals surface area contributed by atoms with Gasteiger partial charge in [0, 0.05) is 13.0 Å². The Morgan fingerprint density at radius 3 is 2.65 bits per heavy atom. The van der Waals surface area contributed by atoms with Gasteiger partial charge in [0.15, 0.2) is 0 Å². The minimum atomic E-state index is 0.117. The van der Waals surface area contributed by atoms with Crippen molar-refractivity contribution in [2.24, 2.45) is 5.92 Å². The molecule has 0 N–H and O–H groups in total. The quantitative estimate of drug-likeness (QED) is 0.695. The smallest absolute Gasteiger partial charge is 0.227 e. The predicted molar refractivity (Wildman–Crippen MR) is 83.2 cm³/mol. The second-order valence-corrected chi connectivity index (χ2v) is 5.75. The van der Waals surface area contributed by atoms with Gasteiger partial charge in [0.2, 0.25) is 5.91 Å². The van der Waals surface area contributed by atoms with Crippen molar-refractivity contribution in [2.45, 2.75) is 39.2 Å². The maximum Gasteiger partial charge on any atom is 0.227 e. The molecule has 0 fully saturated rings. The molecule has 0 unspecified atom stereocenters. The Hall–Kier alpha value is -1.79. The summed E-state index contributed by atoms with van der Waals surface area (Å²) >= 11 is 0. The van der Waals surface area contributed by atoms with Crippen LogP contribution in [0, 0.1) is 5.92 Å². The Balaban J connectivity index is 2.26. The lowest BCUT2D eigenvalue weighted by Gasteiger charge is -2.40. The first-order chi connectivity index (χ1) is 9.58. The molecule has 0 spiro atoms. The first-order valence-corrected chi connectivity index (χ1v) is 7.28. The fourth-order valence-electron chi connectivity index (χ4n) is 3.01. The lowest BCUT2D eigenvalue weighted by Crippen LogP contribution is -2.47. The monoisotopic (exact) mass is 269 g/mol. The average Bonchev–Trinajstić information content (AvgIpc) is 2.40. The van der Waals surface area contributed by atoms with Crippen LogP contribution in [0.5, 0.6) is 0 Å². The summed E-state index contributed by atoms with van der Waals surface area (Å²) in [6, 6.07) is 0.117. The van der Waals surface area contributed by atoms with E-state index in [1.165, 1.54) is 5.57 Å². The molecule has 2 nitrogen and oxygen atoms in total. The summed E-state index contributed by atoms with van der Waals surface area (Å²) in [4.78, 5) is 14.6. The molecule has 0 radical (unpaired) electrons. The maximum atomic E-state index is 12.5. The van der Waals surface area contributed by atoms with E-state index in [-0.39, 0.29) is 11.9 Å². The van der Waals surface area contributed by atoms with Crippen molar-refractivity contribution in [3.05, 3.63) is 53.8 Å². The molecule has 1 atom stereocenters. The highest BCUT2D eigenvalue weighted by atomic mass is 16.2. The fraction of sp³-hybridized carbons (Fsp3) is 0.444. The van der Waals surface area contributed by atoms with Gasteiger partial charge < -0.3 is 4.90 Å². The number of carbonyl (C=O) groups is 1. The summed E-state index contributed by atoms with van der Waals surface area (Å²) in [5.74, 6) is 0.579. The Morgan fingerprint density at radius 2 is 2.20 bits per heavy atom. The molecule has 1 aliphatic heterocycles. The van der Waals surface area contributed by atoms with E-state index in [0.717, 1.165) is 30.5 Å². The molecule has 2 heteroatoms. The minimum Gasteiger partial charge on any atom is -0.335 e. The standard InChI is InChI=1S/C18H23NO/c1-5-15-10-11-19(17(20)12-14-8-7-9-14)18(13(3)4)16(15)6-2/h5-7,13,18H,1-2,8,10-12H2,3-4H3/t18-/m0/s1. The van der Waals surface area contributed by atoms with Gasteiger partial charge in [-0.05, 0) is 35.1 Å². The molecule has 20 heavy (non-hydrogen) atoms. The van der Waals surface area contributed by atoms with Crippen LogP contribution in [0.2, 0.25) is 0 Å². The van der Waals surface area contributed by atoms with Crippen LogP contribution in [0.1, 0.15) is 33.1 Å². The van der Waals surface area contributed by atoms with Gasteiger partial charge in [-0.25, -0.2) is 0 Å². The Labute approximate surface area is 121 Å². The topological polar surface area (TPSA) is 20.3 Å². The molecule has 0 aromatic rings. The molecule has 1 amide bonds. The molecule has 106 valence electrons. The summed E-state index contributed by atoms with van der Waals surface area (Å²) in [6.07, 6.45) is 8.06. The van der Waals surface area contributed by atoms with Crippen molar-refractivity contribution in [2.75, 3.05) is 6.54 Å². The van der Waals surface area contributed by atoms with Gasteiger partial charge in [0.25, 0.3) is 0 Å². The lowest BCUT2D eigenvalue weighted by molar-refractivity contribution is -0.133. The maximum absolute atomic E-state index is 12.5. The highest BCUT2D eigenvalue weighted by Crippen LogP contribution is 2.31. The van der Waals surface area contributed by atoms with E-state index in [9.17, 15) is 4.79 Å². The number of allylic oxidation sites excluding steroid dienone is 1. The third-order valence-corrected chi connectivity index (χ3v) is 4.08. The van der Waals surface area contributed by atoms with Gasteiger partial charge in [-0.3, -0.25) is 4.79 Å². The van der Waals surface area contributed by atoms with Crippen LogP contribution in [0.3, 0.4) is 0 Å². The molecule has 0 saturated heterocycles. The van der Waals surface area contributed by atoms with Crippen LogP contribution in [-0.4, -0.2) is 23.4 Å². The highest BCUT2D eigenvalue weighted by molar-refractivity contribution is 5.80. The molecule has 1 heterocycles. The van der Waals surface area contributed by atoms with Gasteiger partial charge in [-0.15, -0.1) is 5.73 Å². The summed E-state index contributed by atoms with van der Waals surface area (Å²) < 4.78 is 0.